The second-order valence-corrected chi connectivity index (χ2v) is 12.4. The molecule has 4 atom stereocenters. The first-order valence-electron chi connectivity index (χ1n) is 16.5. The number of carbonyl (C=O) groups excluding carboxylic acids is 4. The first-order chi connectivity index (χ1) is 25.0. The molecule has 2 aromatic heterocycles. The van der Waals surface area contributed by atoms with E-state index in [4.69, 9.17) is 21.4 Å². The SMILES string of the molecule is Cc1[nH]c2ccccc2c1C[C@@H](N)C(=O)N[C@@H](C)C(=O)N[C@@H](Cc1c[nH]c2ccccc12)C(=O)N[C@H](Cc1ccccc1)C(N)=O.O=C(O)C(F)(F)F. The molecule has 0 unspecified atom stereocenters. The number of aryl methyl sites for hydroxylation is 1. The quantitative estimate of drug-likeness (QED) is 0.0902. The summed E-state index contributed by atoms with van der Waals surface area (Å²) in [6.07, 6.45) is -2.71. The van der Waals surface area contributed by atoms with E-state index in [2.05, 4.69) is 25.9 Å². The fourth-order valence-corrected chi connectivity index (χ4v) is 5.67. The number of nitrogens with two attached hydrogens (primary N) is 2. The number of primary amides is 1. The maximum Gasteiger partial charge on any atom is 0.490 e. The summed E-state index contributed by atoms with van der Waals surface area (Å²) in [5, 5.41) is 17.2. The van der Waals surface area contributed by atoms with E-state index in [1.165, 1.54) is 6.92 Å². The minimum atomic E-state index is -5.08. The normalized spacial score (nSPS) is 13.5. The molecular formula is C37H40F3N7O6. The molecule has 0 aliphatic heterocycles. The van der Waals surface area contributed by atoms with Gasteiger partial charge in [0.15, 0.2) is 0 Å². The first-order valence-corrected chi connectivity index (χ1v) is 16.5. The number of para-hydroxylation sites is 2. The highest BCUT2D eigenvalue weighted by Crippen LogP contribution is 2.23. The van der Waals surface area contributed by atoms with Crippen molar-refractivity contribution in [2.24, 2.45) is 11.5 Å². The van der Waals surface area contributed by atoms with Crippen molar-refractivity contribution >= 4 is 51.4 Å². The predicted molar refractivity (Wildman–Crippen MR) is 191 cm³/mol. The average molecular weight is 736 g/mol. The highest BCUT2D eigenvalue weighted by atomic mass is 19.4. The zero-order valence-electron chi connectivity index (χ0n) is 28.8. The molecule has 4 amide bonds. The maximum atomic E-state index is 13.7. The molecule has 280 valence electrons. The number of aliphatic carboxylic acids is 1. The highest BCUT2D eigenvalue weighted by molar-refractivity contribution is 5.95. The molecule has 13 nitrogen and oxygen atoms in total. The molecule has 0 aliphatic carbocycles. The summed E-state index contributed by atoms with van der Waals surface area (Å²) in [6, 6.07) is 20.6. The van der Waals surface area contributed by atoms with Gasteiger partial charge in [0.1, 0.15) is 18.1 Å². The van der Waals surface area contributed by atoms with Gasteiger partial charge in [-0.15, -0.1) is 0 Å². The Kier molecular flexibility index (Phi) is 13.0. The molecule has 5 aromatic rings. The summed E-state index contributed by atoms with van der Waals surface area (Å²) in [5.74, 6) is -5.12. The van der Waals surface area contributed by atoms with Crippen LogP contribution in [0.1, 0.15) is 29.3 Å². The molecule has 5 rings (SSSR count). The zero-order valence-corrected chi connectivity index (χ0v) is 28.8. The van der Waals surface area contributed by atoms with Crippen molar-refractivity contribution in [2.75, 3.05) is 0 Å². The Morgan fingerprint density at radius 1 is 0.755 bits per heavy atom. The molecule has 0 bridgehead atoms. The van der Waals surface area contributed by atoms with E-state index in [0.29, 0.717) is 0 Å². The third-order valence-corrected chi connectivity index (χ3v) is 8.46. The van der Waals surface area contributed by atoms with E-state index in [-0.39, 0.29) is 19.3 Å². The van der Waals surface area contributed by atoms with Crippen molar-refractivity contribution in [3.8, 4) is 0 Å². The third-order valence-electron chi connectivity index (χ3n) is 8.46. The fraction of sp³-hybridized carbons (Fsp3) is 0.270. The molecular weight excluding hydrogens is 695 g/mol. The van der Waals surface area contributed by atoms with Crippen molar-refractivity contribution in [3.63, 3.8) is 0 Å². The summed E-state index contributed by atoms with van der Waals surface area (Å²) in [4.78, 5) is 67.9. The highest BCUT2D eigenvalue weighted by Gasteiger charge is 2.38. The molecule has 0 aliphatic rings. The van der Waals surface area contributed by atoms with Gasteiger partial charge in [0.25, 0.3) is 0 Å². The second kappa shape index (κ2) is 17.4. The van der Waals surface area contributed by atoms with Crippen LogP contribution >= 0.6 is 0 Å². The van der Waals surface area contributed by atoms with E-state index in [9.17, 15) is 32.3 Å². The van der Waals surface area contributed by atoms with Crippen LogP contribution in [-0.4, -0.2) is 75.0 Å². The van der Waals surface area contributed by atoms with Gasteiger partial charge >= 0.3 is 12.1 Å². The Morgan fingerprint density at radius 3 is 1.94 bits per heavy atom. The maximum absolute atomic E-state index is 13.7. The molecule has 0 saturated heterocycles. The lowest BCUT2D eigenvalue weighted by atomic mass is 10.0. The van der Waals surface area contributed by atoms with Crippen LogP contribution in [0, 0.1) is 6.92 Å². The first kappa shape index (κ1) is 39.6. The monoisotopic (exact) mass is 735 g/mol. The van der Waals surface area contributed by atoms with E-state index in [0.717, 1.165) is 44.2 Å². The molecule has 2 heterocycles. The van der Waals surface area contributed by atoms with Crippen LogP contribution in [-0.2, 0) is 43.2 Å². The van der Waals surface area contributed by atoms with Gasteiger partial charge in [-0.1, -0.05) is 66.7 Å². The molecule has 16 heteroatoms. The molecule has 53 heavy (non-hydrogen) atoms. The van der Waals surface area contributed by atoms with E-state index in [1.54, 1.807) is 6.20 Å². The molecule has 3 aromatic carbocycles. The van der Waals surface area contributed by atoms with Crippen LogP contribution in [0.25, 0.3) is 21.8 Å². The minimum Gasteiger partial charge on any atom is -0.475 e. The number of fused-ring (bicyclic) bond motifs is 2. The Morgan fingerprint density at radius 2 is 1.32 bits per heavy atom. The number of H-pyrrole nitrogens is 2. The molecule has 0 saturated carbocycles. The fourth-order valence-electron chi connectivity index (χ4n) is 5.67. The number of hydrogen-bond acceptors (Lipinski definition) is 6. The lowest BCUT2D eigenvalue weighted by molar-refractivity contribution is -0.192. The summed E-state index contributed by atoms with van der Waals surface area (Å²) >= 11 is 0. The summed E-state index contributed by atoms with van der Waals surface area (Å²) < 4.78 is 31.7. The van der Waals surface area contributed by atoms with Gasteiger partial charge in [-0.2, -0.15) is 13.2 Å². The smallest absolute Gasteiger partial charge is 0.475 e. The topological polar surface area (TPSA) is 225 Å². The van der Waals surface area contributed by atoms with Crippen molar-refractivity contribution in [1.29, 1.82) is 0 Å². The van der Waals surface area contributed by atoms with Crippen LogP contribution in [0.15, 0.2) is 85.1 Å². The van der Waals surface area contributed by atoms with E-state index in [1.807, 2.05) is 85.8 Å². The minimum absolute atomic E-state index is 0.123. The zero-order chi connectivity index (χ0) is 38.9. The van der Waals surface area contributed by atoms with Crippen LogP contribution in [0.4, 0.5) is 13.2 Å². The lowest BCUT2D eigenvalue weighted by Gasteiger charge is -2.24. The predicted octanol–water partition coefficient (Wildman–Crippen LogP) is 2.91. The van der Waals surface area contributed by atoms with E-state index >= 15 is 0 Å². The van der Waals surface area contributed by atoms with Crippen LogP contribution in [0.3, 0.4) is 0 Å². The number of nitrogens with one attached hydrogen (secondary N) is 5. The number of hydrogen-bond donors (Lipinski definition) is 8. The Labute approximate surface area is 301 Å². The van der Waals surface area contributed by atoms with Gasteiger partial charge in [-0.3, -0.25) is 19.2 Å². The number of alkyl halides is 3. The third kappa shape index (κ3) is 10.7. The molecule has 0 fully saturated rings. The number of rotatable bonds is 13. The van der Waals surface area contributed by atoms with Gasteiger partial charge in [-0.25, -0.2) is 4.79 Å². The van der Waals surface area contributed by atoms with Crippen LogP contribution in [0.5, 0.6) is 0 Å². The van der Waals surface area contributed by atoms with Gasteiger partial charge in [0.2, 0.25) is 23.6 Å². The standard InChI is InChI=1S/C35H39N7O4.C2HF3O2/c1-20-26(25-13-7-9-15-29(25)39-20)18-27(36)34(45)40-21(2)33(44)42-31(17-23-19-38-28-14-8-6-12-24(23)28)35(46)41-30(32(37)43)16-22-10-4-3-5-11-22;3-2(4,5)1(6)7/h3-15,19,21,27,30-31,38-39H,16-18,36H2,1-2H3,(H2,37,43)(H,40,45)(H,41,46)(H,42,44);(H,6,7)/t21-,27+,30+,31-;/m0./s1. The van der Waals surface area contributed by atoms with Gasteiger partial charge in [0.05, 0.1) is 6.04 Å². The van der Waals surface area contributed by atoms with Gasteiger partial charge in [0, 0.05) is 46.5 Å². The molecule has 0 radical (unpaired) electrons. The van der Waals surface area contributed by atoms with Crippen LogP contribution < -0.4 is 27.4 Å². The number of benzene rings is 3. The summed E-state index contributed by atoms with van der Waals surface area (Å²) in [7, 11) is 0. The second-order valence-electron chi connectivity index (χ2n) is 12.4. The van der Waals surface area contributed by atoms with E-state index < -0.39 is 59.9 Å². The van der Waals surface area contributed by atoms with Gasteiger partial charge < -0.3 is 42.5 Å². The molecule has 0 spiro atoms. The van der Waals surface area contributed by atoms with Crippen molar-refractivity contribution in [3.05, 3.63) is 107 Å². The number of aromatic nitrogens is 2. The van der Waals surface area contributed by atoms with Crippen LogP contribution in [0.2, 0.25) is 0 Å². The van der Waals surface area contributed by atoms with Crippen molar-refractivity contribution in [1.82, 2.24) is 25.9 Å². The Bertz CT molecular complexity index is 2080. The number of halogens is 3. The number of carboxylic acid groups (broad SMARTS) is 1. The largest absolute Gasteiger partial charge is 0.490 e. The summed E-state index contributed by atoms with van der Waals surface area (Å²) in [5.41, 5.74) is 17.2. The summed E-state index contributed by atoms with van der Waals surface area (Å²) in [6.45, 7) is 3.46. The number of amides is 4. The Hall–Kier alpha value is -6.16. The number of carboxylic acids is 1. The average Bonchev–Trinajstić information content (AvgIpc) is 3.67. The Balaban J connectivity index is 0.000000815. The van der Waals surface area contributed by atoms with Crippen molar-refractivity contribution < 1.29 is 42.3 Å². The van der Waals surface area contributed by atoms with Crippen molar-refractivity contribution in [2.45, 2.75) is 63.5 Å². The van der Waals surface area contributed by atoms with Gasteiger partial charge in [-0.05, 0) is 49.1 Å². The number of aromatic amines is 2. The molecule has 10 N–H and O–H groups in total. The number of carbonyl (C=O) groups is 5. The lowest BCUT2D eigenvalue weighted by Crippen LogP contribution is -2.57.